The largest absolute Gasteiger partial charge is 0.225 e. The third kappa shape index (κ3) is 8.27. The van der Waals surface area contributed by atoms with Crippen molar-refractivity contribution in [1.29, 1.82) is 0 Å². The van der Waals surface area contributed by atoms with Gasteiger partial charge in [-0.1, -0.05) is 26.2 Å². The summed E-state index contributed by atoms with van der Waals surface area (Å²) in [7, 11) is 0. The summed E-state index contributed by atoms with van der Waals surface area (Å²) in [4.78, 5) is 4.54. The molecule has 0 aromatic heterocycles. The molecule has 0 aliphatic rings. The number of unbranched alkanes of at least 4 members (excludes halogenated alkanes) is 3. The molecule has 0 rings (SSSR count). The monoisotopic (exact) mass is 150 g/mol. The quantitative estimate of drug-likeness (QED) is 0.206. The van der Waals surface area contributed by atoms with Gasteiger partial charge >= 0.3 is 0 Å². The number of thiol groups is 1. The lowest BCUT2D eigenvalue weighted by Crippen LogP contribution is -1.89. The lowest BCUT2D eigenvalue weighted by molar-refractivity contribution is -0.188. The summed E-state index contributed by atoms with van der Waals surface area (Å²) in [5.41, 5.74) is 0. The normalized spacial score (nSPS) is 10.0. The number of rotatable bonds is 6. The number of hydrogen-bond acceptors (Lipinski definition) is 3. The van der Waals surface area contributed by atoms with Crippen LogP contribution in [-0.2, 0) is 9.22 Å². The minimum Gasteiger partial charge on any atom is -0.225 e. The van der Waals surface area contributed by atoms with Crippen molar-refractivity contribution >= 4 is 12.9 Å². The molecule has 0 N–H and O–H groups in total. The van der Waals surface area contributed by atoms with Crippen molar-refractivity contribution in [2.45, 2.75) is 32.6 Å². The molecule has 0 atom stereocenters. The van der Waals surface area contributed by atoms with Crippen LogP contribution >= 0.6 is 12.9 Å². The zero-order chi connectivity index (χ0) is 6.95. The van der Waals surface area contributed by atoms with Gasteiger partial charge in [0.2, 0.25) is 0 Å². The summed E-state index contributed by atoms with van der Waals surface area (Å²) in [5.74, 6) is 0. The molecular weight excluding hydrogens is 136 g/mol. The summed E-state index contributed by atoms with van der Waals surface area (Å²) in [5, 5.41) is 0. The second kappa shape index (κ2) is 8.27. The molecule has 0 bridgehead atoms. The summed E-state index contributed by atoms with van der Waals surface area (Å²) in [6, 6.07) is 0. The van der Waals surface area contributed by atoms with Crippen LogP contribution in [0.1, 0.15) is 32.6 Å². The van der Waals surface area contributed by atoms with Gasteiger partial charge in [-0.2, -0.15) is 4.33 Å². The lowest BCUT2D eigenvalue weighted by atomic mass is 10.2. The van der Waals surface area contributed by atoms with Gasteiger partial charge in [0.1, 0.15) is 0 Å². The molecule has 0 heterocycles. The summed E-state index contributed by atoms with van der Waals surface area (Å²) in [6.07, 6.45) is 4.81. The van der Waals surface area contributed by atoms with Gasteiger partial charge in [-0.25, -0.2) is 4.89 Å². The standard InChI is InChI=1S/C6H14O2S/c1-2-3-4-5-6-7-8-9/h9H,2-6H2,1H3. The molecule has 0 aliphatic carbocycles. The van der Waals surface area contributed by atoms with Crippen LogP contribution in [-0.4, -0.2) is 6.61 Å². The van der Waals surface area contributed by atoms with E-state index in [1.165, 1.54) is 19.3 Å². The highest BCUT2D eigenvalue weighted by Gasteiger charge is 1.86. The maximum atomic E-state index is 4.54. The van der Waals surface area contributed by atoms with Gasteiger partial charge in [0.15, 0.2) is 0 Å². The average molecular weight is 150 g/mol. The van der Waals surface area contributed by atoms with Gasteiger partial charge in [-0.05, 0) is 6.42 Å². The van der Waals surface area contributed by atoms with Crippen LogP contribution in [0, 0.1) is 0 Å². The van der Waals surface area contributed by atoms with E-state index in [1.807, 2.05) is 0 Å². The Morgan fingerprint density at radius 2 is 2.00 bits per heavy atom. The second-order valence-corrected chi connectivity index (χ2v) is 2.11. The number of hydrogen-bond donors (Lipinski definition) is 1. The predicted molar refractivity (Wildman–Crippen MR) is 40.2 cm³/mol. The first-order chi connectivity index (χ1) is 4.41. The molecule has 0 aliphatic heterocycles. The minimum atomic E-state index is 0.656. The Kier molecular flexibility index (Phi) is 8.52. The zero-order valence-electron chi connectivity index (χ0n) is 5.80. The van der Waals surface area contributed by atoms with Crippen LogP contribution in [0.25, 0.3) is 0 Å². The third-order valence-corrected chi connectivity index (χ3v) is 1.24. The van der Waals surface area contributed by atoms with Gasteiger partial charge in [-0.3, -0.25) is 0 Å². The van der Waals surface area contributed by atoms with E-state index in [9.17, 15) is 0 Å². The van der Waals surface area contributed by atoms with Crippen molar-refractivity contribution in [1.82, 2.24) is 0 Å². The van der Waals surface area contributed by atoms with E-state index in [0.29, 0.717) is 6.61 Å². The predicted octanol–water partition coefficient (Wildman–Crippen LogP) is 2.36. The van der Waals surface area contributed by atoms with E-state index >= 15 is 0 Å². The lowest BCUT2D eigenvalue weighted by Gasteiger charge is -1.96. The van der Waals surface area contributed by atoms with Crippen molar-refractivity contribution in [3.05, 3.63) is 0 Å². The Hall–Kier alpha value is 0.270. The van der Waals surface area contributed by atoms with Gasteiger partial charge in [0, 0.05) is 12.9 Å². The Balaban J connectivity index is 2.60. The average Bonchev–Trinajstić information content (AvgIpc) is 1.89. The highest BCUT2D eigenvalue weighted by molar-refractivity contribution is 7.74. The van der Waals surface area contributed by atoms with Crippen LogP contribution in [0.2, 0.25) is 0 Å². The van der Waals surface area contributed by atoms with Crippen LogP contribution in [0.4, 0.5) is 0 Å². The molecular formula is C6H14O2S. The van der Waals surface area contributed by atoms with E-state index in [-0.39, 0.29) is 0 Å². The van der Waals surface area contributed by atoms with Crippen LogP contribution in [0.3, 0.4) is 0 Å². The fourth-order valence-corrected chi connectivity index (χ4v) is 0.700. The van der Waals surface area contributed by atoms with Crippen molar-refractivity contribution in [3.8, 4) is 0 Å². The minimum absolute atomic E-state index is 0.656. The Labute approximate surface area is 62.1 Å². The Bertz CT molecular complexity index is 44.3. The molecule has 0 radical (unpaired) electrons. The fraction of sp³-hybridized carbons (Fsp3) is 1.00. The molecule has 2 nitrogen and oxygen atoms in total. The first-order valence-electron chi connectivity index (χ1n) is 3.35. The van der Waals surface area contributed by atoms with Gasteiger partial charge in [-0.15, -0.1) is 0 Å². The summed E-state index contributed by atoms with van der Waals surface area (Å²) < 4.78 is 4.12. The summed E-state index contributed by atoms with van der Waals surface area (Å²) in [6.45, 7) is 2.83. The maximum absolute atomic E-state index is 4.54. The molecule has 0 aromatic rings. The first-order valence-corrected chi connectivity index (χ1v) is 3.71. The van der Waals surface area contributed by atoms with Crippen LogP contribution in [0.5, 0.6) is 0 Å². The topological polar surface area (TPSA) is 18.5 Å². The molecule has 0 aromatic carbocycles. The van der Waals surface area contributed by atoms with Crippen molar-refractivity contribution in [2.75, 3.05) is 6.61 Å². The van der Waals surface area contributed by atoms with E-state index in [4.69, 9.17) is 0 Å². The Morgan fingerprint density at radius 1 is 1.22 bits per heavy atom. The molecule has 56 valence electrons. The molecule has 0 fully saturated rings. The molecule has 0 amide bonds. The SMILES string of the molecule is CCCCCCOOS. The molecule has 0 saturated heterocycles. The smallest absolute Gasteiger partial charge is 0.0834 e. The molecule has 3 heteroatoms. The van der Waals surface area contributed by atoms with Crippen LogP contribution in [0.15, 0.2) is 0 Å². The van der Waals surface area contributed by atoms with E-state index in [2.05, 4.69) is 29.1 Å². The first kappa shape index (κ1) is 9.27. The van der Waals surface area contributed by atoms with E-state index < -0.39 is 0 Å². The fourth-order valence-electron chi connectivity index (χ4n) is 0.625. The second-order valence-electron chi connectivity index (χ2n) is 1.96. The van der Waals surface area contributed by atoms with E-state index in [1.54, 1.807) is 0 Å². The van der Waals surface area contributed by atoms with Crippen molar-refractivity contribution < 1.29 is 9.22 Å². The van der Waals surface area contributed by atoms with Gasteiger partial charge in [0.25, 0.3) is 0 Å². The molecule has 0 unspecified atom stereocenters. The van der Waals surface area contributed by atoms with Crippen LogP contribution < -0.4 is 0 Å². The maximum Gasteiger partial charge on any atom is 0.0834 e. The Morgan fingerprint density at radius 3 is 2.56 bits per heavy atom. The van der Waals surface area contributed by atoms with Gasteiger partial charge < -0.3 is 0 Å². The third-order valence-electron chi connectivity index (χ3n) is 1.13. The zero-order valence-corrected chi connectivity index (χ0v) is 6.69. The molecule has 0 saturated carbocycles. The molecule has 0 spiro atoms. The highest BCUT2D eigenvalue weighted by Crippen LogP contribution is 1.98. The van der Waals surface area contributed by atoms with E-state index in [0.717, 1.165) is 6.42 Å². The summed E-state index contributed by atoms with van der Waals surface area (Å²) >= 11 is 3.42. The highest BCUT2D eigenvalue weighted by atomic mass is 32.1. The molecule has 9 heavy (non-hydrogen) atoms. The van der Waals surface area contributed by atoms with Crippen molar-refractivity contribution in [3.63, 3.8) is 0 Å². The van der Waals surface area contributed by atoms with Crippen molar-refractivity contribution in [2.24, 2.45) is 0 Å². The van der Waals surface area contributed by atoms with Gasteiger partial charge in [0.05, 0.1) is 6.61 Å².